The summed E-state index contributed by atoms with van der Waals surface area (Å²) >= 11 is 0. The fraction of sp³-hybridized carbons (Fsp3) is 0.929. The fourth-order valence-corrected chi connectivity index (χ4v) is 3.12. The highest BCUT2D eigenvalue weighted by Crippen LogP contribution is 2.32. The minimum atomic E-state index is 0.307. The molecule has 1 aliphatic carbocycles. The quantitative estimate of drug-likeness (QED) is 0.815. The molecule has 3 nitrogen and oxygen atoms in total. The molecule has 2 N–H and O–H groups in total. The molecule has 1 saturated carbocycles. The molecule has 0 aromatic heterocycles. The zero-order valence-electron chi connectivity index (χ0n) is 11.0. The van der Waals surface area contributed by atoms with Crippen LogP contribution in [0.4, 0.5) is 0 Å². The largest absolute Gasteiger partial charge is 0.338 e. The molecule has 1 amide bonds. The minimum Gasteiger partial charge on any atom is -0.338 e. The standard InChI is InChI=1S/C14H26N2O/c1-2-11-6-7-16(13(8-11)10-15)14(17)9-12-4-3-5-12/h11-13H,2-10,15H2,1H3. The fourth-order valence-electron chi connectivity index (χ4n) is 3.12. The molecule has 2 unspecified atom stereocenters. The van der Waals surface area contributed by atoms with Gasteiger partial charge in [-0.25, -0.2) is 0 Å². The highest BCUT2D eigenvalue weighted by molar-refractivity contribution is 5.77. The molecule has 2 fully saturated rings. The van der Waals surface area contributed by atoms with E-state index in [0.717, 1.165) is 25.3 Å². The second-order valence-electron chi connectivity index (χ2n) is 5.78. The maximum atomic E-state index is 12.2. The maximum Gasteiger partial charge on any atom is 0.223 e. The van der Waals surface area contributed by atoms with Gasteiger partial charge >= 0.3 is 0 Å². The molecule has 3 heteroatoms. The first-order chi connectivity index (χ1) is 8.24. The van der Waals surface area contributed by atoms with Gasteiger partial charge in [0.25, 0.3) is 0 Å². The van der Waals surface area contributed by atoms with Gasteiger partial charge in [0.05, 0.1) is 0 Å². The van der Waals surface area contributed by atoms with E-state index < -0.39 is 0 Å². The first-order valence-corrected chi connectivity index (χ1v) is 7.24. The Bertz CT molecular complexity index is 263. The van der Waals surface area contributed by atoms with Crippen molar-refractivity contribution in [3.05, 3.63) is 0 Å². The van der Waals surface area contributed by atoms with E-state index in [2.05, 4.69) is 11.8 Å². The molecule has 1 heterocycles. The Kier molecular flexibility index (Phi) is 4.43. The number of hydrogen-bond donors (Lipinski definition) is 1. The predicted octanol–water partition coefficient (Wildman–Crippen LogP) is 2.15. The average Bonchev–Trinajstić information content (AvgIpc) is 2.32. The van der Waals surface area contributed by atoms with Crippen molar-refractivity contribution in [3.8, 4) is 0 Å². The van der Waals surface area contributed by atoms with Crippen molar-refractivity contribution in [2.75, 3.05) is 13.1 Å². The van der Waals surface area contributed by atoms with Crippen molar-refractivity contribution in [2.45, 2.75) is 57.9 Å². The SMILES string of the molecule is CCC1CCN(C(=O)CC2CCC2)C(CN)C1. The van der Waals surface area contributed by atoms with Crippen molar-refractivity contribution < 1.29 is 4.79 Å². The molecule has 2 atom stereocenters. The third kappa shape index (κ3) is 3.01. The Morgan fingerprint density at radius 3 is 2.59 bits per heavy atom. The zero-order valence-corrected chi connectivity index (χ0v) is 11.0. The van der Waals surface area contributed by atoms with Crippen molar-refractivity contribution in [2.24, 2.45) is 17.6 Å². The lowest BCUT2D eigenvalue weighted by atomic mass is 9.82. The van der Waals surface area contributed by atoms with Crippen LogP contribution in [0, 0.1) is 11.8 Å². The molecule has 17 heavy (non-hydrogen) atoms. The summed E-state index contributed by atoms with van der Waals surface area (Å²) < 4.78 is 0. The molecule has 98 valence electrons. The van der Waals surface area contributed by atoms with Crippen LogP contribution >= 0.6 is 0 Å². The Hall–Kier alpha value is -0.570. The van der Waals surface area contributed by atoms with E-state index in [1.54, 1.807) is 0 Å². The van der Waals surface area contributed by atoms with E-state index in [1.807, 2.05) is 0 Å². The monoisotopic (exact) mass is 238 g/mol. The second kappa shape index (κ2) is 5.85. The van der Waals surface area contributed by atoms with Crippen LogP contribution in [0.3, 0.4) is 0 Å². The van der Waals surface area contributed by atoms with Gasteiger partial charge in [0.15, 0.2) is 0 Å². The molecule has 0 aromatic carbocycles. The number of nitrogens with two attached hydrogens (primary N) is 1. The Morgan fingerprint density at radius 1 is 1.29 bits per heavy atom. The molecule has 2 rings (SSSR count). The number of piperidine rings is 1. The molecule has 0 bridgehead atoms. The summed E-state index contributed by atoms with van der Waals surface area (Å²) in [6.07, 6.45) is 8.10. The van der Waals surface area contributed by atoms with Gasteiger partial charge in [-0.2, -0.15) is 0 Å². The predicted molar refractivity (Wildman–Crippen MR) is 69.5 cm³/mol. The van der Waals surface area contributed by atoms with Gasteiger partial charge in [-0.05, 0) is 37.5 Å². The molecule has 1 saturated heterocycles. The summed E-state index contributed by atoms with van der Waals surface area (Å²) in [7, 11) is 0. The zero-order chi connectivity index (χ0) is 12.3. The molecule has 0 spiro atoms. The summed E-state index contributed by atoms with van der Waals surface area (Å²) in [6, 6.07) is 0.307. The molecule has 1 aliphatic heterocycles. The van der Waals surface area contributed by atoms with Crippen molar-refractivity contribution in [3.63, 3.8) is 0 Å². The normalized spacial score (nSPS) is 30.1. The number of carbonyl (C=O) groups is 1. The lowest BCUT2D eigenvalue weighted by molar-refractivity contribution is -0.137. The minimum absolute atomic E-state index is 0.307. The van der Waals surface area contributed by atoms with Crippen molar-refractivity contribution in [1.29, 1.82) is 0 Å². The van der Waals surface area contributed by atoms with Crippen LogP contribution in [0.15, 0.2) is 0 Å². The van der Waals surface area contributed by atoms with E-state index in [-0.39, 0.29) is 0 Å². The van der Waals surface area contributed by atoms with E-state index >= 15 is 0 Å². The van der Waals surface area contributed by atoms with Crippen LogP contribution in [-0.4, -0.2) is 29.9 Å². The summed E-state index contributed by atoms with van der Waals surface area (Å²) in [5, 5.41) is 0. The Morgan fingerprint density at radius 2 is 2.06 bits per heavy atom. The Labute approximate surface area is 105 Å². The highest BCUT2D eigenvalue weighted by atomic mass is 16.2. The number of amides is 1. The van der Waals surface area contributed by atoms with E-state index in [0.29, 0.717) is 24.4 Å². The van der Waals surface area contributed by atoms with Gasteiger partial charge in [0.1, 0.15) is 0 Å². The van der Waals surface area contributed by atoms with Gasteiger partial charge in [-0.1, -0.05) is 19.8 Å². The number of nitrogens with zero attached hydrogens (tertiary/aromatic N) is 1. The lowest BCUT2D eigenvalue weighted by Gasteiger charge is -2.40. The van der Waals surface area contributed by atoms with E-state index in [4.69, 9.17) is 5.73 Å². The van der Waals surface area contributed by atoms with Crippen LogP contribution in [0.1, 0.15) is 51.9 Å². The topological polar surface area (TPSA) is 46.3 Å². The van der Waals surface area contributed by atoms with Gasteiger partial charge < -0.3 is 10.6 Å². The first-order valence-electron chi connectivity index (χ1n) is 7.24. The maximum absolute atomic E-state index is 12.2. The summed E-state index contributed by atoms with van der Waals surface area (Å²) in [6.45, 7) is 3.81. The van der Waals surface area contributed by atoms with Crippen LogP contribution < -0.4 is 5.73 Å². The third-order valence-electron chi connectivity index (χ3n) is 4.68. The number of likely N-dealkylation sites (tertiary alicyclic amines) is 1. The van der Waals surface area contributed by atoms with Gasteiger partial charge in [-0.3, -0.25) is 4.79 Å². The van der Waals surface area contributed by atoms with Gasteiger partial charge in [-0.15, -0.1) is 0 Å². The van der Waals surface area contributed by atoms with Gasteiger partial charge in [0, 0.05) is 25.6 Å². The lowest BCUT2D eigenvalue weighted by Crippen LogP contribution is -2.50. The van der Waals surface area contributed by atoms with E-state index in [9.17, 15) is 4.79 Å². The number of carbonyl (C=O) groups excluding carboxylic acids is 1. The summed E-state index contributed by atoms with van der Waals surface area (Å²) in [5.74, 6) is 1.81. The van der Waals surface area contributed by atoms with Crippen LogP contribution in [0.5, 0.6) is 0 Å². The highest BCUT2D eigenvalue weighted by Gasteiger charge is 2.31. The smallest absolute Gasteiger partial charge is 0.223 e. The van der Waals surface area contributed by atoms with Crippen molar-refractivity contribution >= 4 is 5.91 Å². The van der Waals surface area contributed by atoms with E-state index in [1.165, 1.54) is 32.1 Å². The average molecular weight is 238 g/mol. The van der Waals surface area contributed by atoms with Crippen LogP contribution in [0.25, 0.3) is 0 Å². The molecule has 0 radical (unpaired) electrons. The third-order valence-corrected chi connectivity index (χ3v) is 4.68. The molecular formula is C14H26N2O. The Balaban J connectivity index is 1.87. The van der Waals surface area contributed by atoms with Crippen LogP contribution in [0.2, 0.25) is 0 Å². The van der Waals surface area contributed by atoms with Crippen molar-refractivity contribution in [1.82, 2.24) is 4.90 Å². The first kappa shape index (κ1) is 12.9. The van der Waals surface area contributed by atoms with Gasteiger partial charge in [0.2, 0.25) is 5.91 Å². The summed E-state index contributed by atoms with van der Waals surface area (Å²) in [4.78, 5) is 14.3. The summed E-state index contributed by atoms with van der Waals surface area (Å²) in [5.41, 5.74) is 5.83. The number of rotatable bonds is 4. The second-order valence-corrected chi connectivity index (χ2v) is 5.78. The molecule has 2 aliphatic rings. The number of hydrogen-bond acceptors (Lipinski definition) is 2. The van der Waals surface area contributed by atoms with Crippen LogP contribution in [-0.2, 0) is 4.79 Å². The molecule has 0 aromatic rings. The molecular weight excluding hydrogens is 212 g/mol.